The van der Waals surface area contributed by atoms with E-state index in [1.165, 1.54) is 17.0 Å². The Hall–Kier alpha value is -1.89. The van der Waals surface area contributed by atoms with Crippen molar-refractivity contribution in [2.24, 2.45) is 5.92 Å². The molecule has 0 saturated carbocycles. The largest absolute Gasteiger partial charge is 0.296 e. The predicted octanol–water partition coefficient (Wildman–Crippen LogP) is 1.21. The van der Waals surface area contributed by atoms with Gasteiger partial charge in [-0.15, -0.1) is 12.3 Å². The highest BCUT2D eigenvalue weighted by molar-refractivity contribution is 5.95. The zero-order valence-corrected chi connectivity index (χ0v) is 7.98. The SMILES string of the molecule is C#CC1CC(=O)N(c2ccc(F)cn2)C1. The number of hydrogen-bond acceptors (Lipinski definition) is 2. The Morgan fingerprint density at radius 3 is 2.93 bits per heavy atom. The number of aromatic nitrogens is 1. The normalized spacial score (nSPS) is 20.4. The van der Waals surface area contributed by atoms with Crippen LogP contribution in [0.1, 0.15) is 6.42 Å². The van der Waals surface area contributed by atoms with Crippen LogP contribution in [0, 0.1) is 24.1 Å². The fourth-order valence-corrected chi connectivity index (χ4v) is 1.57. The van der Waals surface area contributed by atoms with E-state index in [2.05, 4.69) is 10.9 Å². The highest BCUT2D eigenvalue weighted by atomic mass is 19.1. The van der Waals surface area contributed by atoms with E-state index in [-0.39, 0.29) is 11.8 Å². The lowest BCUT2D eigenvalue weighted by molar-refractivity contribution is -0.117. The Kier molecular flexibility index (Phi) is 2.38. The van der Waals surface area contributed by atoms with E-state index < -0.39 is 5.82 Å². The van der Waals surface area contributed by atoms with Crippen LogP contribution in [0.4, 0.5) is 10.2 Å². The molecule has 2 heterocycles. The van der Waals surface area contributed by atoms with Gasteiger partial charge >= 0.3 is 0 Å². The third-order valence-electron chi connectivity index (χ3n) is 2.35. The fourth-order valence-electron chi connectivity index (χ4n) is 1.57. The van der Waals surface area contributed by atoms with Crippen LogP contribution in [-0.4, -0.2) is 17.4 Å². The summed E-state index contributed by atoms with van der Waals surface area (Å²) < 4.78 is 12.6. The Morgan fingerprint density at radius 1 is 1.60 bits per heavy atom. The van der Waals surface area contributed by atoms with Crippen LogP contribution in [-0.2, 0) is 4.79 Å². The Bertz CT molecular complexity index is 421. The molecule has 1 atom stereocenters. The van der Waals surface area contributed by atoms with Crippen molar-refractivity contribution in [1.82, 2.24) is 4.98 Å². The van der Waals surface area contributed by atoms with Gasteiger partial charge in [-0.2, -0.15) is 0 Å². The summed E-state index contributed by atoms with van der Waals surface area (Å²) in [4.78, 5) is 16.9. The summed E-state index contributed by atoms with van der Waals surface area (Å²) in [5, 5.41) is 0. The van der Waals surface area contributed by atoms with Crippen molar-refractivity contribution in [3.8, 4) is 12.3 Å². The molecule has 1 aromatic heterocycles. The molecule has 15 heavy (non-hydrogen) atoms. The molecule has 0 spiro atoms. The lowest BCUT2D eigenvalue weighted by Crippen LogP contribution is -2.25. The first kappa shape index (κ1) is 9.66. The van der Waals surface area contributed by atoms with E-state index in [1.54, 1.807) is 0 Å². The molecular weight excluding hydrogens is 195 g/mol. The van der Waals surface area contributed by atoms with Gasteiger partial charge in [-0.3, -0.25) is 9.69 Å². The molecule has 1 fully saturated rings. The number of hydrogen-bond donors (Lipinski definition) is 0. The average Bonchev–Trinajstić information content (AvgIpc) is 2.61. The number of pyridine rings is 1. The van der Waals surface area contributed by atoms with Crippen molar-refractivity contribution < 1.29 is 9.18 Å². The standard InChI is InChI=1S/C11H9FN2O/c1-2-8-5-11(15)14(7-8)10-4-3-9(12)6-13-10/h1,3-4,6,8H,5,7H2. The first-order chi connectivity index (χ1) is 7.20. The van der Waals surface area contributed by atoms with E-state index in [1.807, 2.05) is 0 Å². The molecule has 1 aliphatic heterocycles. The van der Waals surface area contributed by atoms with Gasteiger partial charge < -0.3 is 0 Å². The second kappa shape index (κ2) is 3.70. The van der Waals surface area contributed by atoms with Crippen LogP contribution >= 0.6 is 0 Å². The number of anilines is 1. The number of amides is 1. The fraction of sp³-hybridized carbons (Fsp3) is 0.273. The maximum atomic E-state index is 12.6. The highest BCUT2D eigenvalue weighted by Crippen LogP contribution is 2.22. The molecule has 0 aliphatic carbocycles. The Morgan fingerprint density at radius 2 is 2.40 bits per heavy atom. The summed E-state index contributed by atoms with van der Waals surface area (Å²) in [7, 11) is 0. The van der Waals surface area contributed by atoms with Gasteiger partial charge in [0, 0.05) is 18.9 Å². The van der Waals surface area contributed by atoms with Crippen molar-refractivity contribution in [1.29, 1.82) is 0 Å². The molecule has 0 bridgehead atoms. The van der Waals surface area contributed by atoms with Crippen molar-refractivity contribution in [2.75, 3.05) is 11.4 Å². The third kappa shape index (κ3) is 1.82. The van der Waals surface area contributed by atoms with Crippen molar-refractivity contribution >= 4 is 11.7 Å². The minimum absolute atomic E-state index is 0.0583. The molecule has 1 unspecified atom stereocenters. The molecule has 0 N–H and O–H groups in total. The van der Waals surface area contributed by atoms with Crippen LogP contribution in [0.5, 0.6) is 0 Å². The smallest absolute Gasteiger partial charge is 0.229 e. The van der Waals surface area contributed by atoms with Crippen molar-refractivity contribution in [2.45, 2.75) is 6.42 Å². The van der Waals surface area contributed by atoms with Gasteiger partial charge in [0.25, 0.3) is 0 Å². The Labute approximate surface area is 86.9 Å². The monoisotopic (exact) mass is 204 g/mol. The van der Waals surface area contributed by atoms with Gasteiger partial charge in [0.05, 0.1) is 6.20 Å². The number of carbonyl (C=O) groups excluding carboxylic acids is 1. The summed E-state index contributed by atoms with van der Waals surface area (Å²) in [5.41, 5.74) is 0. The lowest BCUT2D eigenvalue weighted by Gasteiger charge is -2.13. The number of rotatable bonds is 1. The zero-order chi connectivity index (χ0) is 10.8. The third-order valence-corrected chi connectivity index (χ3v) is 2.35. The predicted molar refractivity (Wildman–Crippen MR) is 53.5 cm³/mol. The van der Waals surface area contributed by atoms with E-state index >= 15 is 0 Å². The molecule has 0 aromatic carbocycles. The maximum absolute atomic E-state index is 12.6. The first-order valence-electron chi connectivity index (χ1n) is 4.59. The molecule has 3 nitrogen and oxygen atoms in total. The van der Waals surface area contributed by atoms with Crippen LogP contribution in [0.3, 0.4) is 0 Å². The van der Waals surface area contributed by atoms with E-state index in [0.29, 0.717) is 18.8 Å². The van der Waals surface area contributed by atoms with Gasteiger partial charge in [0.15, 0.2) is 0 Å². The summed E-state index contributed by atoms with van der Waals surface area (Å²) in [5.74, 6) is 2.46. The number of halogens is 1. The van der Waals surface area contributed by atoms with E-state index in [0.717, 1.165) is 6.20 Å². The van der Waals surface area contributed by atoms with Gasteiger partial charge in [-0.05, 0) is 12.1 Å². The summed E-state index contributed by atoms with van der Waals surface area (Å²) in [6.45, 7) is 0.466. The Balaban J connectivity index is 2.22. The molecule has 1 aliphatic rings. The quantitative estimate of drug-likeness (QED) is 0.644. The molecule has 1 amide bonds. The second-order valence-electron chi connectivity index (χ2n) is 3.41. The molecule has 1 saturated heterocycles. The second-order valence-corrected chi connectivity index (χ2v) is 3.41. The van der Waals surface area contributed by atoms with Gasteiger partial charge in [0.2, 0.25) is 5.91 Å². The van der Waals surface area contributed by atoms with E-state index in [4.69, 9.17) is 6.42 Å². The van der Waals surface area contributed by atoms with Crippen LogP contribution in [0.15, 0.2) is 18.3 Å². The van der Waals surface area contributed by atoms with Crippen LogP contribution in [0.25, 0.3) is 0 Å². The molecule has 2 rings (SSSR count). The van der Waals surface area contributed by atoms with Gasteiger partial charge in [-0.25, -0.2) is 9.37 Å². The topological polar surface area (TPSA) is 33.2 Å². The van der Waals surface area contributed by atoms with Gasteiger partial charge in [0.1, 0.15) is 11.6 Å². The molecule has 4 heteroatoms. The minimum Gasteiger partial charge on any atom is -0.296 e. The summed E-state index contributed by atoms with van der Waals surface area (Å²) >= 11 is 0. The van der Waals surface area contributed by atoms with Crippen molar-refractivity contribution in [3.05, 3.63) is 24.1 Å². The maximum Gasteiger partial charge on any atom is 0.229 e. The number of carbonyl (C=O) groups is 1. The highest BCUT2D eigenvalue weighted by Gasteiger charge is 2.29. The first-order valence-corrected chi connectivity index (χ1v) is 4.59. The molecule has 0 radical (unpaired) electrons. The van der Waals surface area contributed by atoms with Crippen LogP contribution < -0.4 is 4.90 Å². The minimum atomic E-state index is -0.418. The zero-order valence-electron chi connectivity index (χ0n) is 7.98. The van der Waals surface area contributed by atoms with E-state index in [9.17, 15) is 9.18 Å². The molecule has 76 valence electrons. The summed E-state index contributed by atoms with van der Waals surface area (Å²) in [6.07, 6.45) is 6.68. The average molecular weight is 204 g/mol. The molecule has 1 aromatic rings. The molecular formula is C11H9FN2O. The van der Waals surface area contributed by atoms with Crippen molar-refractivity contribution in [3.63, 3.8) is 0 Å². The van der Waals surface area contributed by atoms with Crippen LogP contribution in [0.2, 0.25) is 0 Å². The number of terminal acetylenes is 1. The lowest BCUT2D eigenvalue weighted by atomic mass is 10.1. The van der Waals surface area contributed by atoms with Gasteiger partial charge in [-0.1, -0.05) is 0 Å². The number of nitrogens with zero attached hydrogens (tertiary/aromatic N) is 2. The summed E-state index contributed by atoms with van der Waals surface area (Å²) in [6, 6.07) is 2.75.